The average molecular weight is 202 g/mol. The van der Waals surface area contributed by atoms with Crippen LogP contribution in [0.5, 0.6) is 0 Å². The molecule has 2 nitrogen and oxygen atoms in total. The van der Waals surface area contributed by atoms with E-state index in [1.165, 1.54) is 45.3 Å². The highest BCUT2D eigenvalue weighted by molar-refractivity contribution is 7.36. The van der Waals surface area contributed by atoms with E-state index in [0.29, 0.717) is 0 Å². The van der Waals surface area contributed by atoms with Gasteiger partial charge in [0.2, 0.25) is 0 Å². The molecule has 0 spiro atoms. The smallest absolute Gasteiger partial charge is 0.0152 e. The molecule has 3 heteroatoms. The van der Waals surface area contributed by atoms with Crippen LogP contribution in [0.2, 0.25) is 0 Å². The van der Waals surface area contributed by atoms with Gasteiger partial charge in [-0.3, -0.25) is 4.90 Å². The van der Waals surface area contributed by atoms with Crippen molar-refractivity contribution in [2.75, 3.05) is 39.1 Å². The van der Waals surface area contributed by atoms with E-state index in [-0.39, 0.29) is 0 Å². The maximum atomic E-state index is 3.43. The fourth-order valence-electron chi connectivity index (χ4n) is 1.90. The van der Waals surface area contributed by atoms with Crippen molar-refractivity contribution in [3.63, 3.8) is 0 Å². The maximum Gasteiger partial charge on any atom is 0.0152 e. The lowest BCUT2D eigenvalue weighted by Gasteiger charge is -2.20. The van der Waals surface area contributed by atoms with Crippen LogP contribution in [-0.4, -0.2) is 44.0 Å². The van der Waals surface area contributed by atoms with Crippen LogP contribution in [0.25, 0.3) is 0 Å². The first kappa shape index (κ1) is 11.4. The Balaban J connectivity index is 2.07. The van der Waals surface area contributed by atoms with Gasteiger partial charge in [0.25, 0.3) is 0 Å². The first-order valence-corrected chi connectivity index (χ1v) is 7.15. The Morgan fingerprint density at radius 2 is 2.38 bits per heavy atom. The van der Waals surface area contributed by atoms with Gasteiger partial charge in [0.05, 0.1) is 0 Å². The third-order valence-corrected chi connectivity index (χ3v) is 3.61. The van der Waals surface area contributed by atoms with Gasteiger partial charge in [-0.25, -0.2) is 0 Å². The zero-order chi connectivity index (χ0) is 9.52. The largest absolute Gasteiger partial charge is 0.316 e. The Kier molecular flexibility index (Phi) is 5.93. The number of nitrogens with zero attached hydrogens (tertiary/aromatic N) is 1. The molecule has 1 heterocycles. The van der Waals surface area contributed by atoms with Gasteiger partial charge >= 0.3 is 0 Å². The highest BCUT2D eigenvalue weighted by Crippen LogP contribution is 2.14. The van der Waals surface area contributed by atoms with Gasteiger partial charge < -0.3 is 5.32 Å². The van der Waals surface area contributed by atoms with Crippen LogP contribution in [-0.2, 0) is 0 Å². The molecule has 1 rings (SSSR count). The summed E-state index contributed by atoms with van der Waals surface area (Å²) in [4.78, 5) is 2.58. The molecule has 1 aliphatic heterocycles. The molecule has 0 saturated carbocycles. The van der Waals surface area contributed by atoms with Crippen molar-refractivity contribution in [3.8, 4) is 0 Å². The van der Waals surface area contributed by atoms with E-state index in [1.54, 1.807) is 0 Å². The maximum absolute atomic E-state index is 3.43. The average Bonchev–Trinajstić information content (AvgIpc) is 2.64. The molecule has 0 radical (unpaired) electrons. The first-order valence-electron chi connectivity index (χ1n) is 5.44. The van der Waals surface area contributed by atoms with E-state index in [9.17, 15) is 0 Å². The Labute approximate surface area is 84.2 Å². The Morgan fingerprint density at radius 1 is 1.54 bits per heavy atom. The van der Waals surface area contributed by atoms with Gasteiger partial charge in [-0.1, -0.05) is 6.92 Å². The van der Waals surface area contributed by atoms with E-state index in [4.69, 9.17) is 0 Å². The summed E-state index contributed by atoms with van der Waals surface area (Å²) in [6.07, 6.45) is 4.09. The topological polar surface area (TPSA) is 15.3 Å². The van der Waals surface area contributed by atoms with Crippen molar-refractivity contribution in [2.24, 2.45) is 5.92 Å². The normalized spacial score (nSPS) is 23.8. The Morgan fingerprint density at radius 3 is 2.92 bits per heavy atom. The van der Waals surface area contributed by atoms with Crippen LogP contribution >= 0.6 is 8.58 Å². The molecule has 0 aromatic carbocycles. The van der Waals surface area contributed by atoms with Crippen molar-refractivity contribution >= 4 is 8.58 Å². The van der Waals surface area contributed by atoms with Crippen molar-refractivity contribution in [2.45, 2.75) is 19.8 Å². The van der Waals surface area contributed by atoms with Crippen molar-refractivity contribution in [3.05, 3.63) is 0 Å². The van der Waals surface area contributed by atoms with Gasteiger partial charge in [-0.15, -0.1) is 8.58 Å². The highest BCUT2D eigenvalue weighted by atomic mass is 31.1. The van der Waals surface area contributed by atoms with Crippen molar-refractivity contribution in [1.82, 2.24) is 10.2 Å². The lowest BCUT2D eigenvalue weighted by atomic mass is 10.1. The first-order chi connectivity index (χ1) is 6.36. The van der Waals surface area contributed by atoms with Crippen molar-refractivity contribution < 1.29 is 0 Å². The summed E-state index contributed by atoms with van der Waals surface area (Å²) in [6.45, 7) is 9.59. The molecule has 1 N–H and O–H groups in total. The molecule has 1 saturated heterocycles. The minimum absolute atomic E-state index is 0.953. The molecule has 1 fully saturated rings. The minimum atomic E-state index is 0.953. The number of hydrogen-bond donors (Lipinski definition) is 1. The second kappa shape index (κ2) is 6.75. The number of rotatable bonds is 6. The summed E-state index contributed by atoms with van der Waals surface area (Å²) in [5, 5.41) is 3.43. The van der Waals surface area contributed by atoms with Crippen LogP contribution < -0.4 is 5.32 Å². The molecule has 2 atom stereocenters. The monoisotopic (exact) mass is 202 g/mol. The molecule has 2 unspecified atom stereocenters. The summed E-state index contributed by atoms with van der Waals surface area (Å²) in [6, 6.07) is 0. The molecule has 1 aliphatic rings. The standard InChI is InChI=1S/C10H23N2P/c1-3-12(9-13-2)7-5-10-4-6-11-8-10/h10-11,13H,3-9H2,1-2H3. The summed E-state index contributed by atoms with van der Waals surface area (Å²) in [7, 11) is 1.08. The molecule has 0 aliphatic carbocycles. The highest BCUT2D eigenvalue weighted by Gasteiger charge is 2.14. The quantitative estimate of drug-likeness (QED) is 0.658. The number of hydrogen-bond acceptors (Lipinski definition) is 2. The predicted molar refractivity (Wildman–Crippen MR) is 61.9 cm³/mol. The van der Waals surface area contributed by atoms with Crippen LogP contribution in [0.1, 0.15) is 19.8 Å². The molecular formula is C10H23N2P. The van der Waals surface area contributed by atoms with E-state index in [1.807, 2.05) is 0 Å². The van der Waals surface area contributed by atoms with E-state index < -0.39 is 0 Å². The predicted octanol–water partition coefficient (Wildman–Crippen LogP) is 1.57. The summed E-state index contributed by atoms with van der Waals surface area (Å²) in [5.41, 5.74) is 0. The fourth-order valence-corrected chi connectivity index (χ4v) is 2.73. The molecule has 0 bridgehead atoms. The molecule has 78 valence electrons. The third-order valence-electron chi connectivity index (χ3n) is 2.84. The van der Waals surface area contributed by atoms with Crippen LogP contribution in [0.3, 0.4) is 0 Å². The van der Waals surface area contributed by atoms with Crippen molar-refractivity contribution in [1.29, 1.82) is 0 Å². The molecule has 0 aromatic rings. The SMILES string of the molecule is CCN(CCC1CCNC1)CPC. The van der Waals surface area contributed by atoms with Gasteiger partial charge in [0, 0.05) is 6.29 Å². The van der Waals surface area contributed by atoms with E-state index >= 15 is 0 Å². The van der Waals surface area contributed by atoms with Gasteiger partial charge in [-0.2, -0.15) is 0 Å². The van der Waals surface area contributed by atoms with E-state index in [2.05, 4.69) is 23.8 Å². The second-order valence-corrected chi connectivity index (χ2v) is 4.89. The van der Waals surface area contributed by atoms with Crippen LogP contribution in [0.4, 0.5) is 0 Å². The third kappa shape index (κ3) is 4.39. The second-order valence-electron chi connectivity index (χ2n) is 3.87. The number of nitrogens with one attached hydrogen (secondary N) is 1. The van der Waals surface area contributed by atoms with Crippen LogP contribution in [0.15, 0.2) is 0 Å². The fraction of sp³-hybridized carbons (Fsp3) is 1.00. The zero-order valence-corrected chi connectivity index (χ0v) is 9.97. The summed E-state index contributed by atoms with van der Waals surface area (Å²) < 4.78 is 0. The molecule has 13 heavy (non-hydrogen) atoms. The van der Waals surface area contributed by atoms with Gasteiger partial charge in [0.15, 0.2) is 0 Å². The molecule has 0 aromatic heterocycles. The lowest BCUT2D eigenvalue weighted by molar-refractivity contribution is 0.307. The molecular weight excluding hydrogens is 179 g/mol. The summed E-state index contributed by atoms with van der Waals surface area (Å²) >= 11 is 0. The summed E-state index contributed by atoms with van der Waals surface area (Å²) in [5.74, 6) is 0.953. The minimum Gasteiger partial charge on any atom is -0.316 e. The van der Waals surface area contributed by atoms with Gasteiger partial charge in [0.1, 0.15) is 0 Å². The molecule has 0 amide bonds. The zero-order valence-electron chi connectivity index (χ0n) is 8.97. The van der Waals surface area contributed by atoms with Crippen LogP contribution in [0, 0.1) is 5.92 Å². The van der Waals surface area contributed by atoms with Gasteiger partial charge in [-0.05, 0) is 51.6 Å². The Hall–Kier alpha value is 0.350. The Bertz CT molecular complexity index is 124. The van der Waals surface area contributed by atoms with E-state index in [0.717, 1.165) is 14.5 Å². The lowest BCUT2D eigenvalue weighted by Crippen LogP contribution is -2.25.